The van der Waals surface area contributed by atoms with Gasteiger partial charge in [0.25, 0.3) is 0 Å². The Labute approximate surface area is 167 Å². The summed E-state index contributed by atoms with van der Waals surface area (Å²) in [4.78, 5) is 17.1. The third-order valence-corrected chi connectivity index (χ3v) is 4.97. The quantitative estimate of drug-likeness (QED) is 0.693. The number of carbonyl (C=O) groups excluding carboxylic acids is 1. The van der Waals surface area contributed by atoms with Crippen LogP contribution in [0.1, 0.15) is 37.4 Å². The van der Waals surface area contributed by atoms with Crippen LogP contribution < -0.4 is 15.4 Å². The fraction of sp³-hybridized carbons (Fsp3) is 0.286. The van der Waals surface area contributed by atoms with Gasteiger partial charge in [-0.25, -0.2) is 13.9 Å². The molecule has 2 bridgehead atoms. The molecule has 0 saturated heterocycles. The summed E-state index contributed by atoms with van der Waals surface area (Å²) in [6.45, 7) is 7.96. The van der Waals surface area contributed by atoms with Gasteiger partial charge in [0.2, 0.25) is 0 Å². The fourth-order valence-corrected chi connectivity index (χ4v) is 3.34. The van der Waals surface area contributed by atoms with Gasteiger partial charge in [0, 0.05) is 23.9 Å². The lowest BCUT2D eigenvalue weighted by atomic mass is 10.1. The van der Waals surface area contributed by atoms with Gasteiger partial charge < -0.3 is 15.4 Å². The Bertz CT molecular complexity index is 1090. The highest BCUT2D eigenvalue weighted by molar-refractivity contribution is 5.84. The lowest BCUT2D eigenvalue weighted by Crippen LogP contribution is -2.37. The van der Waals surface area contributed by atoms with Crippen LogP contribution in [0.3, 0.4) is 0 Å². The predicted octanol–water partition coefficient (Wildman–Crippen LogP) is 3.34. The molecule has 1 aliphatic rings. The number of ketones is 1. The molecule has 3 aromatic rings. The first-order valence-electron chi connectivity index (χ1n) is 9.49. The van der Waals surface area contributed by atoms with E-state index in [0.717, 1.165) is 5.56 Å². The molecule has 2 N–H and O–H groups in total. The molecule has 0 saturated carbocycles. The van der Waals surface area contributed by atoms with Gasteiger partial charge in [-0.15, -0.1) is 0 Å². The van der Waals surface area contributed by atoms with E-state index in [1.807, 2.05) is 6.92 Å². The maximum atomic E-state index is 14.0. The number of carbonyl (C=O) groups is 1. The number of rotatable bonds is 2. The van der Waals surface area contributed by atoms with E-state index in [0.29, 0.717) is 34.9 Å². The molecule has 0 spiro atoms. The highest BCUT2D eigenvalue weighted by Crippen LogP contribution is 2.30. The lowest BCUT2D eigenvalue weighted by molar-refractivity contribution is -0.125. The average molecular weight is 395 g/mol. The van der Waals surface area contributed by atoms with Gasteiger partial charge in [0.1, 0.15) is 17.4 Å². The molecule has 0 aliphatic carbocycles. The van der Waals surface area contributed by atoms with Gasteiger partial charge in [0.05, 0.1) is 24.3 Å². The van der Waals surface area contributed by atoms with E-state index in [2.05, 4.69) is 27.3 Å². The molecule has 0 radical (unpaired) electrons. The molecule has 0 fully saturated rings. The molecule has 150 valence electrons. The predicted molar refractivity (Wildman–Crippen MR) is 108 cm³/mol. The third-order valence-electron chi connectivity index (χ3n) is 4.97. The molecule has 1 aromatic carbocycles. The smallest absolute Gasteiger partial charge is 0.174 e. The zero-order valence-electron chi connectivity index (χ0n) is 16.3. The zero-order chi connectivity index (χ0) is 20.5. The first-order valence-corrected chi connectivity index (χ1v) is 9.49. The van der Waals surface area contributed by atoms with Crippen LogP contribution in [0.5, 0.6) is 5.75 Å². The van der Waals surface area contributed by atoms with Gasteiger partial charge >= 0.3 is 0 Å². The van der Waals surface area contributed by atoms with Crippen LogP contribution in [-0.4, -0.2) is 33.0 Å². The van der Waals surface area contributed by atoms with Crippen LogP contribution in [0.2, 0.25) is 0 Å². The minimum atomic E-state index is -0.740. The molecule has 3 heterocycles. The Kier molecular flexibility index (Phi) is 4.92. The second-order valence-electron chi connectivity index (χ2n) is 6.97. The van der Waals surface area contributed by atoms with Crippen molar-refractivity contribution in [1.82, 2.24) is 19.9 Å². The number of fused-ring (bicyclic) bond motifs is 2. The molecule has 29 heavy (non-hydrogen) atoms. The first-order chi connectivity index (χ1) is 14.0. The largest absolute Gasteiger partial charge is 0.480 e. The van der Waals surface area contributed by atoms with Crippen LogP contribution >= 0.6 is 0 Å². The number of anilines is 1. The highest BCUT2D eigenvalue weighted by Gasteiger charge is 2.23. The topological polar surface area (TPSA) is 80.5 Å². The number of nitrogens with zero attached hydrogens (tertiary/aromatic N) is 3. The number of ether oxygens (including phenoxy) is 1. The van der Waals surface area contributed by atoms with Gasteiger partial charge in [-0.1, -0.05) is 13.5 Å². The molecule has 2 atom stereocenters. The van der Waals surface area contributed by atoms with Crippen LogP contribution in [0, 0.1) is 5.82 Å². The number of hydrogen-bond acceptors (Lipinski definition) is 6. The summed E-state index contributed by atoms with van der Waals surface area (Å²) in [5, 5.41) is 10.7. The molecule has 0 unspecified atom stereocenters. The summed E-state index contributed by atoms with van der Waals surface area (Å²) in [5.41, 5.74) is 2.55. The fourth-order valence-electron chi connectivity index (χ4n) is 3.34. The molecule has 8 heteroatoms. The Morgan fingerprint density at radius 2 is 2.24 bits per heavy atom. The number of Topliss-reactive ketones (excluding diaryl/α,β-unsaturated/α-hetero) is 1. The lowest BCUT2D eigenvalue weighted by Gasteiger charge is -2.23. The Balaban J connectivity index is 1.83. The number of benzene rings is 1. The van der Waals surface area contributed by atoms with Gasteiger partial charge in [0.15, 0.2) is 17.5 Å². The van der Waals surface area contributed by atoms with Crippen molar-refractivity contribution in [3.63, 3.8) is 0 Å². The van der Waals surface area contributed by atoms with E-state index in [1.165, 1.54) is 12.1 Å². The summed E-state index contributed by atoms with van der Waals surface area (Å²) < 4.78 is 21.7. The van der Waals surface area contributed by atoms with Gasteiger partial charge in [-0.2, -0.15) is 5.10 Å². The standard InChI is InChI=1S/C21H22FN5O2/c1-4-17(28)19-11-23-12(2)16-10-24-27-8-7-20(26-21(16)27)25-13(3)15-9-14(22)5-6-18(15)29-19/h5-10,13,19,23H,2,4,11H2,1,3H3,(H,25,26)/t13-,19+/m1/s1. The number of aromatic nitrogens is 3. The summed E-state index contributed by atoms with van der Waals surface area (Å²) in [6.07, 6.45) is 3.05. The SMILES string of the molecule is C=C1NC[C@@H](C(=O)CC)Oc2ccc(F)cc2[C@@H](C)Nc2ccn3ncc1c3n2. The van der Waals surface area contributed by atoms with E-state index in [4.69, 9.17) is 4.74 Å². The monoisotopic (exact) mass is 395 g/mol. The normalized spacial score (nSPS) is 19.2. The van der Waals surface area contributed by atoms with Crippen molar-refractivity contribution in [2.75, 3.05) is 11.9 Å². The van der Waals surface area contributed by atoms with Crippen molar-refractivity contribution >= 4 is 22.9 Å². The average Bonchev–Trinajstić information content (AvgIpc) is 3.14. The molecule has 4 rings (SSSR count). The molecular weight excluding hydrogens is 373 g/mol. The second kappa shape index (κ2) is 7.54. The molecule has 1 aliphatic heterocycles. The van der Waals surface area contributed by atoms with Gasteiger partial charge in [-0.3, -0.25) is 4.79 Å². The third kappa shape index (κ3) is 3.65. The highest BCUT2D eigenvalue weighted by atomic mass is 19.1. The zero-order valence-corrected chi connectivity index (χ0v) is 16.3. The van der Waals surface area contributed by atoms with E-state index < -0.39 is 6.10 Å². The Morgan fingerprint density at radius 3 is 3.03 bits per heavy atom. The molecular formula is C21H22FN5O2. The summed E-state index contributed by atoms with van der Waals surface area (Å²) in [7, 11) is 0. The summed E-state index contributed by atoms with van der Waals surface area (Å²) >= 11 is 0. The maximum Gasteiger partial charge on any atom is 0.174 e. The Morgan fingerprint density at radius 1 is 1.41 bits per heavy atom. The van der Waals surface area contributed by atoms with Crippen LogP contribution in [0.4, 0.5) is 10.2 Å². The maximum absolute atomic E-state index is 14.0. The van der Waals surface area contributed by atoms with Crippen LogP contribution in [-0.2, 0) is 4.79 Å². The molecule has 7 nitrogen and oxygen atoms in total. The number of halogens is 1. The Hall–Kier alpha value is -3.42. The van der Waals surface area contributed by atoms with Crippen molar-refractivity contribution in [2.24, 2.45) is 0 Å². The van der Waals surface area contributed by atoms with Crippen molar-refractivity contribution in [1.29, 1.82) is 0 Å². The van der Waals surface area contributed by atoms with E-state index in [-0.39, 0.29) is 24.2 Å². The number of nitrogens with one attached hydrogen (secondary N) is 2. The number of hydrogen-bond donors (Lipinski definition) is 2. The van der Waals surface area contributed by atoms with Gasteiger partial charge in [-0.05, 0) is 31.2 Å². The van der Waals surface area contributed by atoms with E-state index in [9.17, 15) is 9.18 Å². The van der Waals surface area contributed by atoms with E-state index >= 15 is 0 Å². The van der Waals surface area contributed by atoms with Crippen molar-refractivity contribution in [3.05, 3.63) is 60.2 Å². The first kappa shape index (κ1) is 18.9. The molecule has 2 aromatic heterocycles. The summed E-state index contributed by atoms with van der Waals surface area (Å²) in [5.74, 6) is 0.621. The second-order valence-corrected chi connectivity index (χ2v) is 6.97. The van der Waals surface area contributed by atoms with Crippen molar-refractivity contribution in [3.8, 4) is 5.75 Å². The van der Waals surface area contributed by atoms with Crippen molar-refractivity contribution in [2.45, 2.75) is 32.4 Å². The minimum Gasteiger partial charge on any atom is -0.480 e. The molecule has 0 amide bonds. The summed E-state index contributed by atoms with van der Waals surface area (Å²) in [6, 6.07) is 5.77. The van der Waals surface area contributed by atoms with Crippen molar-refractivity contribution < 1.29 is 13.9 Å². The van der Waals surface area contributed by atoms with E-state index in [1.54, 1.807) is 36.0 Å². The minimum absolute atomic E-state index is 0.0603. The van der Waals surface area contributed by atoms with Crippen LogP contribution in [0.15, 0.2) is 43.2 Å². The van der Waals surface area contributed by atoms with Crippen LogP contribution in [0.25, 0.3) is 11.3 Å².